The first-order valence-corrected chi connectivity index (χ1v) is 7.97. The fraction of sp³-hybridized carbons (Fsp3) is 0.500. The molecule has 0 amide bonds. The lowest BCUT2D eigenvalue weighted by Crippen LogP contribution is -2.09. The Labute approximate surface area is 132 Å². The first kappa shape index (κ1) is 16.5. The summed E-state index contributed by atoms with van der Waals surface area (Å²) in [4.78, 5) is 4.73. The van der Waals surface area contributed by atoms with E-state index < -0.39 is 0 Å². The molecule has 0 unspecified atom stereocenters. The van der Waals surface area contributed by atoms with Crippen LogP contribution in [0.3, 0.4) is 0 Å². The predicted molar refractivity (Wildman–Crippen MR) is 87.9 cm³/mol. The summed E-state index contributed by atoms with van der Waals surface area (Å²) < 4.78 is 21.3. The Hall–Kier alpha value is -1.84. The summed E-state index contributed by atoms with van der Waals surface area (Å²) in [5, 5.41) is 0. The maximum atomic E-state index is 14.0. The third-order valence-electron chi connectivity index (χ3n) is 4.24. The highest BCUT2D eigenvalue weighted by Gasteiger charge is 2.17. The largest absolute Gasteiger partial charge is 0.494 e. The van der Waals surface area contributed by atoms with E-state index in [-0.39, 0.29) is 11.6 Å². The van der Waals surface area contributed by atoms with E-state index in [4.69, 9.17) is 9.72 Å². The van der Waals surface area contributed by atoms with Crippen LogP contribution in [0.1, 0.15) is 51.0 Å². The van der Waals surface area contributed by atoms with Crippen LogP contribution in [-0.2, 0) is 6.42 Å². The van der Waals surface area contributed by atoms with Crippen LogP contribution in [0, 0.1) is 12.7 Å². The summed E-state index contributed by atoms with van der Waals surface area (Å²) in [7, 11) is 1.48. The molecule has 1 aromatic carbocycles. The van der Waals surface area contributed by atoms with Gasteiger partial charge >= 0.3 is 0 Å². The molecule has 0 aliphatic rings. The van der Waals surface area contributed by atoms with Gasteiger partial charge in [0.25, 0.3) is 0 Å². The van der Waals surface area contributed by atoms with Gasteiger partial charge in [0.05, 0.1) is 12.8 Å². The van der Waals surface area contributed by atoms with Crippen LogP contribution in [0.4, 0.5) is 4.39 Å². The number of benzene rings is 1. The highest BCUT2D eigenvalue weighted by atomic mass is 19.1. The number of ether oxygens (including phenoxy) is 1. The molecule has 0 saturated carbocycles. The quantitative estimate of drug-likeness (QED) is 0.756. The number of rotatable bonds is 6. The molecule has 0 atom stereocenters. The van der Waals surface area contributed by atoms with Crippen molar-refractivity contribution in [2.24, 2.45) is 0 Å². The zero-order valence-electron chi connectivity index (χ0n) is 14.1. The van der Waals surface area contributed by atoms with Gasteiger partial charge in [-0.15, -0.1) is 0 Å². The van der Waals surface area contributed by atoms with Crippen molar-refractivity contribution in [1.82, 2.24) is 9.55 Å². The van der Waals surface area contributed by atoms with Gasteiger partial charge in [0.2, 0.25) is 0 Å². The number of nitrogens with zero attached hydrogens (tertiary/aromatic N) is 2. The molecule has 2 aromatic rings. The smallest absolute Gasteiger partial charge is 0.165 e. The Morgan fingerprint density at radius 3 is 2.45 bits per heavy atom. The molecule has 1 heterocycles. The Kier molecular flexibility index (Phi) is 5.22. The average Bonchev–Trinajstić information content (AvgIpc) is 2.94. The SMILES string of the molecule is CCc1nc(-c2cc(F)c(OC)cc2C)cn1C(CC)CC. The Morgan fingerprint density at radius 2 is 1.91 bits per heavy atom. The molecular formula is C18H25FN2O. The molecule has 1 aromatic heterocycles. The normalized spacial score (nSPS) is 11.2. The van der Waals surface area contributed by atoms with E-state index in [0.717, 1.165) is 41.9 Å². The van der Waals surface area contributed by atoms with Crippen molar-refractivity contribution in [3.05, 3.63) is 35.5 Å². The molecule has 0 fully saturated rings. The van der Waals surface area contributed by atoms with Crippen LogP contribution < -0.4 is 4.74 Å². The second kappa shape index (κ2) is 6.95. The standard InChI is InChI=1S/C18H25FN2O/c1-6-13(7-2)21-11-16(20-18(21)8-3)14-10-15(19)17(22-5)9-12(14)4/h9-11,13H,6-8H2,1-5H3. The van der Waals surface area contributed by atoms with Crippen molar-refractivity contribution in [3.8, 4) is 17.0 Å². The number of methoxy groups -OCH3 is 1. The summed E-state index contributed by atoms with van der Waals surface area (Å²) >= 11 is 0. The van der Waals surface area contributed by atoms with Gasteiger partial charge in [-0.25, -0.2) is 9.37 Å². The lowest BCUT2D eigenvalue weighted by Gasteiger charge is -2.16. The molecule has 0 bridgehead atoms. The number of imidazole rings is 1. The van der Waals surface area contributed by atoms with Crippen molar-refractivity contribution >= 4 is 0 Å². The predicted octanol–water partition coefficient (Wildman–Crippen LogP) is 4.93. The van der Waals surface area contributed by atoms with E-state index in [2.05, 4.69) is 31.5 Å². The first-order valence-electron chi connectivity index (χ1n) is 7.97. The van der Waals surface area contributed by atoms with Crippen LogP contribution in [0.2, 0.25) is 0 Å². The molecule has 0 spiro atoms. The number of aromatic nitrogens is 2. The fourth-order valence-electron chi connectivity index (χ4n) is 2.91. The maximum Gasteiger partial charge on any atom is 0.165 e. The van der Waals surface area contributed by atoms with Gasteiger partial charge in [0, 0.05) is 24.2 Å². The number of aryl methyl sites for hydroxylation is 2. The summed E-state index contributed by atoms with van der Waals surface area (Å²) in [5.74, 6) is 0.981. The number of halogens is 1. The van der Waals surface area contributed by atoms with Gasteiger partial charge in [0.15, 0.2) is 11.6 Å². The van der Waals surface area contributed by atoms with E-state index >= 15 is 0 Å². The molecule has 4 heteroatoms. The van der Waals surface area contributed by atoms with Gasteiger partial charge in [-0.2, -0.15) is 0 Å². The minimum atomic E-state index is -0.349. The van der Waals surface area contributed by atoms with Crippen LogP contribution >= 0.6 is 0 Å². The molecular weight excluding hydrogens is 279 g/mol. The molecule has 0 N–H and O–H groups in total. The molecule has 3 nitrogen and oxygen atoms in total. The monoisotopic (exact) mass is 304 g/mol. The highest BCUT2D eigenvalue weighted by Crippen LogP contribution is 2.30. The Balaban J connectivity index is 2.52. The Bertz CT molecular complexity index is 645. The summed E-state index contributed by atoms with van der Waals surface area (Å²) in [6, 6.07) is 3.69. The highest BCUT2D eigenvalue weighted by molar-refractivity contribution is 5.64. The van der Waals surface area contributed by atoms with E-state index in [9.17, 15) is 4.39 Å². The summed E-state index contributed by atoms with van der Waals surface area (Å²) in [5.41, 5.74) is 2.63. The fourth-order valence-corrected chi connectivity index (χ4v) is 2.91. The van der Waals surface area contributed by atoms with Crippen molar-refractivity contribution in [2.75, 3.05) is 7.11 Å². The second-order valence-corrected chi connectivity index (χ2v) is 5.58. The van der Waals surface area contributed by atoms with Gasteiger partial charge in [-0.3, -0.25) is 0 Å². The van der Waals surface area contributed by atoms with Crippen LogP contribution in [0.5, 0.6) is 5.75 Å². The third-order valence-corrected chi connectivity index (χ3v) is 4.24. The van der Waals surface area contributed by atoms with Crippen molar-refractivity contribution in [1.29, 1.82) is 0 Å². The van der Waals surface area contributed by atoms with E-state index in [1.807, 2.05) is 6.92 Å². The summed E-state index contributed by atoms with van der Waals surface area (Å²) in [6.07, 6.45) is 5.06. The van der Waals surface area contributed by atoms with Crippen molar-refractivity contribution in [3.63, 3.8) is 0 Å². The van der Waals surface area contributed by atoms with Crippen LogP contribution in [-0.4, -0.2) is 16.7 Å². The molecule has 120 valence electrons. The molecule has 2 rings (SSSR count). The minimum Gasteiger partial charge on any atom is -0.494 e. The van der Waals surface area contributed by atoms with Gasteiger partial charge in [0.1, 0.15) is 5.82 Å². The summed E-state index contributed by atoms with van der Waals surface area (Å²) in [6.45, 7) is 8.43. The number of hydrogen-bond donors (Lipinski definition) is 0. The average molecular weight is 304 g/mol. The molecule has 0 aliphatic heterocycles. The zero-order chi connectivity index (χ0) is 16.3. The third kappa shape index (κ3) is 3.01. The van der Waals surface area contributed by atoms with Crippen LogP contribution in [0.25, 0.3) is 11.3 Å². The zero-order valence-corrected chi connectivity index (χ0v) is 14.1. The molecule has 0 aliphatic carbocycles. The van der Waals surface area contributed by atoms with Crippen molar-refractivity contribution in [2.45, 2.75) is 53.0 Å². The topological polar surface area (TPSA) is 27.1 Å². The van der Waals surface area contributed by atoms with Gasteiger partial charge in [-0.05, 0) is 37.5 Å². The van der Waals surface area contributed by atoms with E-state index in [1.54, 1.807) is 6.07 Å². The maximum absolute atomic E-state index is 14.0. The van der Waals surface area contributed by atoms with E-state index in [0.29, 0.717) is 6.04 Å². The molecule has 0 saturated heterocycles. The minimum absolute atomic E-state index is 0.274. The van der Waals surface area contributed by atoms with Crippen LogP contribution in [0.15, 0.2) is 18.3 Å². The number of hydrogen-bond acceptors (Lipinski definition) is 2. The Morgan fingerprint density at radius 1 is 1.23 bits per heavy atom. The van der Waals surface area contributed by atoms with Gasteiger partial charge in [-0.1, -0.05) is 20.8 Å². The molecule has 22 heavy (non-hydrogen) atoms. The molecule has 0 radical (unpaired) electrons. The van der Waals surface area contributed by atoms with Crippen molar-refractivity contribution < 1.29 is 9.13 Å². The lowest BCUT2D eigenvalue weighted by atomic mass is 10.1. The van der Waals surface area contributed by atoms with E-state index in [1.165, 1.54) is 13.2 Å². The first-order chi connectivity index (χ1) is 10.5. The second-order valence-electron chi connectivity index (χ2n) is 5.58. The lowest BCUT2D eigenvalue weighted by molar-refractivity contribution is 0.386. The van der Waals surface area contributed by atoms with Gasteiger partial charge < -0.3 is 9.30 Å².